The summed E-state index contributed by atoms with van der Waals surface area (Å²) in [7, 11) is 0. The van der Waals surface area contributed by atoms with Crippen LogP contribution in [0.1, 0.15) is 11.5 Å². The van der Waals surface area contributed by atoms with Crippen LogP contribution in [0.4, 0.5) is 13.2 Å². The summed E-state index contributed by atoms with van der Waals surface area (Å²) in [6.07, 6.45) is -4.62. The summed E-state index contributed by atoms with van der Waals surface area (Å²) in [4.78, 5) is 0. The van der Waals surface area contributed by atoms with E-state index in [-0.39, 0.29) is 5.75 Å². The van der Waals surface area contributed by atoms with Gasteiger partial charge in [0, 0.05) is 5.92 Å². The molecule has 1 aliphatic rings. The molecule has 0 atom stereocenters. The molecule has 1 fully saturated rings. The van der Waals surface area contributed by atoms with Crippen LogP contribution in [0, 0.1) is 0 Å². The van der Waals surface area contributed by atoms with Crippen molar-refractivity contribution in [2.24, 2.45) is 0 Å². The third kappa shape index (κ3) is 2.62. The van der Waals surface area contributed by atoms with Gasteiger partial charge < -0.3 is 9.47 Å². The fourth-order valence-corrected chi connectivity index (χ4v) is 1.37. The molecular formula is C10H9F3O2. The lowest BCUT2D eigenvalue weighted by Gasteiger charge is -2.26. The highest BCUT2D eigenvalue weighted by molar-refractivity contribution is 5.30. The Kier molecular flexibility index (Phi) is 2.56. The van der Waals surface area contributed by atoms with Crippen molar-refractivity contribution >= 4 is 0 Å². The smallest absolute Gasteiger partial charge is 0.406 e. The molecule has 0 spiro atoms. The van der Waals surface area contributed by atoms with Gasteiger partial charge in [-0.1, -0.05) is 12.1 Å². The normalized spacial score (nSPS) is 17.3. The van der Waals surface area contributed by atoms with Crippen molar-refractivity contribution in [3.8, 4) is 5.75 Å². The van der Waals surface area contributed by atoms with E-state index in [1.54, 1.807) is 12.1 Å². The van der Waals surface area contributed by atoms with Gasteiger partial charge in [0.15, 0.2) is 0 Å². The molecule has 0 aromatic heterocycles. The Bertz CT molecular complexity index is 328. The summed E-state index contributed by atoms with van der Waals surface area (Å²) in [6.45, 7) is 1.28. The zero-order valence-corrected chi connectivity index (χ0v) is 7.75. The number of benzene rings is 1. The molecule has 0 unspecified atom stereocenters. The van der Waals surface area contributed by atoms with E-state index in [9.17, 15) is 13.2 Å². The Labute approximate surface area is 84.6 Å². The summed E-state index contributed by atoms with van der Waals surface area (Å²) in [5.74, 6) is 0.122. The van der Waals surface area contributed by atoms with Crippen molar-refractivity contribution in [2.75, 3.05) is 13.2 Å². The molecule has 0 N–H and O–H groups in total. The van der Waals surface area contributed by atoms with Crippen molar-refractivity contribution in [2.45, 2.75) is 12.3 Å². The molecule has 1 aliphatic heterocycles. The molecule has 1 saturated heterocycles. The molecule has 15 heavy (non-hydrogen) atoms. The summed E-state index contributed by atoms with van der Waals surface area (Å²) in [5.41, 5.74) is 0.982. The van der Waals surface area contributed by atoms with E-state index < -0.39 is 6.36 Å². The fourth-order valence-electron chi connectivity index (χ4n) is 1.37. The van der Waals surface area contributed by atoms with Gasteiger partial charge in [0.2, 0.25) is 0 Å². The quantitative estimate of drug-likeness (QED) is 0.759. The fraction of sp³-hybridized carbons (Fsp3) is 0.400. The van der Waals surface area contributed by atoms with Gasteiger partial charge in [-0.05, 0) is 17.7 Å². The second kappa shape index (κ2) is 3.73. The second-order valence-electron chi connectivity index (χ2n) is 3.35. The predicted octanol–water partition coefficient (Wildman–Crippen LogP) is 2.70. The minimum Gasteiger partial charge on any atom is -0.406 e. The number of alkyl halides is 3. The minimum absolute atomic E-state index is 0.188. The molecule has 82 valence electrons. The Morgan fingerprint density at radius 1 is 1.13 bits per heavy atom. The molecule has 5 heteroatoms. The van der Waals surface area contributed by atoms with E-state index in [0.717, 1.165) is 5.56 Å². The Morgan fingerprint density at radius 3 is 2.13 bits per heavy atom. The highest BCUT2D eigenvalue weighted by atomic mass is 19.4. The van der Waals surface area contributed by atoms with E-state index >= 15 is 0 Å². The van der Waals surface area contributed by atoms with Crippen LogP contribution in [0.5, 0.6) is 5.75 Å². The monoisotopic (exact) mass is 218 g/mol. The molecule has 0 bridgehead atoms. The molecule has 1 aromatic rings. The van der Waals surface area contributed by atoms with Crippen molar-refractivity contribution in [1.29, 1.82) is 0 Å². The first kappa shape index (κ1) is 10.3. The summed E-state index contributed by atoms with van der Waals surface area (Å²) in [5, 5.41) is 0. The second-order valence-corrected chi connectivity index (χ2v) is 3.35. The molecule has 2 rings (SSSR count). The number of hydrogen-bond donors (Lipinski definition) is 0. The minimum atomic E-state index is -4.62. The van der Waals surface area contributed by atoms with Crippen molar-refractivity contribution < 1.29 is 22.6 Å². The number of hydrogen-bond acceptors (Lipinski definition) is 2. The van der Waals surface area contributed by atoms with Gasteiger partial charge in [0.25, 0.3) is 0 Å². The van der Waals surface area contributed by atoms with E-state index in [1.165, 1.54) is 12.1 Å². The highest BCUT2D eigenvalue weighted by Gasteiger charge is 2.31. The van der Waals surface area contributed by atoms with Crippen LogP contribution in [0.15, 0.2) is 24.3 Å². The van der Waals surface area contributed by atoms with E-state index in [2.05, 4.69) is 4.74 Å². The third-order valence-corrected chi connectivity index (χ3v) is 2.22. The van der Waals surface area contributed by atoms with Crippen LogP contribution >= 0.6 is 0 Å². The van der Waals surface area contributed by atoms with Crippen molar-refractivity contribution in [3.05, 3.63) is 29.8 Å². The SMILES string of the molecule is FC(F)(F)Oc1ccc(C2COC2)cc1. The first-order valence-corrected chi connectivity index (χ1v) is 4.48. The molecule has 1 aromatic carbocycles. The lowest BCUT2D eigenvalue weighted by Crippen LogP contribution is -2.25. The van der Waals surface area contributed by atoms with Gasteiger partial charge in [0.1, 0.15) is 5.75 Å². The first-order chi connectivity index (χ1) is 7.04. The summed E-state index contributed by atoms with van der Waals surface area (Å²) in [6, 6.07) is 5.91. The molecular weight excluding hydrogens is 209 g/mol. The molecule has 0 radical (unpaired) electrons. The van der Waals surface area contributed by atoms with Gasteiger partial charge >= 0.3 is 6.36 Å². The first-order valence-electron chi connectivity index (χ1n) is 4.48. The van der Waals surface area contributed by atoms with Gasteiger partial charge in [-0.15, -0.1) is 13.2 Å². The van der Waals surface area contributed by atoms with E-state index in [4.69, 9.17) is 4.74 Å². The Morgan fingerprint density at radius 2 is 1.73 bits per heavy atom. The molecule has 2 nitrogen and oxygen atoms in total. The largest absolute Gasteiger partial charge is 0.573 e. The Balaban J connectivity index is 2.03. The lowest BCUT2D eigenvalue weighted by molar-refractivity contribution is -0.274. The number of halogens is 3. The van der Waals surface area contributed by atoms with Crippen LogP contribution in [0.25, 0.3) is 0 Å². The maximum atomic E-state index is 11.8. The number of ether oxygens (including phenoxy) is 2. The van der Waals surface area contributed by atoms with Crippen molar-refractivity contribution in [1.82, 2.24) is 0 Å². The average Bonchev–Trinajstić information content (AvgIpc) is 2.02. The molecule has 0 saturated carbocycles. The van der Waals surface area contributed by atoms with Crippen LogP contribution in [-0.4, -0.2) is 19.6 Å². The predicted molar refractivity (Wildman–Crippen MR) is 46.7 cm³/mol. The van der Waals surface area contributed by atoms with E-state index in [0.29, 0.717) is 19.1 Å². The van der Waals surface area contributed by atoms with Crippen LogP contribution in [0.2, 0.25) is 0 Å². The van der Waals surface area contributed by atoms with Crippen LogP contribution in [-0.2, 0) is 4.74 Å². The summed E-state index contributed by atoms with van der Waals surface area (Å²) < 4.78 is 44.3. The van der Waals surface area contributed by atoms with Gasteiger partial charge in [-0.2, -0.15) is 0 Å². The molecule has 0 aliphatic carbocycles. The molecule has 1 heterocycles. The average molecular weight is 218 g/mol. The Hall–Kier alpha value is -1.23. The lowest BCUT2D eigenvalue weighted by atomic mass is 9.98. The third-order valence-electron chi connectivity index (χ3n) is 2.22. The number of rotatable bonds is 2. The zero-order valence-electron chi connectivity index (χ0n) is 7.75. The van der Waals surface area contributed by atoms with Crippen LogP contribution in [0.3, 0.4) is 0 Å². The topological polar surface area (TPSA) is 18.5 Å². The zero-order chi connectivity index (χ0) is 10.9. The molecule has 0 amide bonds. The van der Waals surface area contributed by atoms with Gasteiger partial charge in [-0.25, -0.2) is 0 Å². The highest BCUT2D eigenvalue weighted by Crippen LogP contribution is 2.27. The van der Waals surface area contributed by atoms with Gasteiger partial charge in [0.05, 0.1) is 13.2 Å². The standard InChI is InChI=1S/C10H9F3O2/c11-10(12,13)15-9-3-1-7(2-4-9)8-5-14-6-8/h1-4,8H,5-6H2. The van der Waals surface area contributed by atoms with Crippen molar-refractivity contribution in [3.63, 3.8) is 0 Å². The summed E-state index contributed by atoms with van der Waals surface area (Å²) >= 11 is 0. The maximum Gasteiger partial charge on any atom is 0.573 e. The maximum absolute atomic E-state index is 11.8. The van der Waals surface area contributed by atoms with E-state index in [1.807, 2.05) is 0 Å². The van der Waals surface area contributed by atoms with Gasteiger partial charge in [-0.3, -0.25) is 0 Å². The van der Waals surface area contributed by atoms with Crippen LogP contribution < -0.4 is 4.74 Å².